The molecule has 1 aliphatic heterocycles. The van der Waals surface area contributed by atoms with E-state index in [2.05, 4.69) is 4.99 Å². The van der Waals surface area contributed by atoms with E-state index in [1.165, 1.54) is 33.3 Å². The van der Waals surface area contributed by atoms with Gasteiger partial charge >= 0.3 is 6.02 Å². The molecule has 0 radical (unpaired) electrons. The second-order valence-electron chi connectivity index (χ2n) is 7.07. The molecule has 0 unspecified atom stereocenters. The molecule has 3 aromatic rings. The maximum Gasteiger partial charge on any atom is 0.302 e. The largest absolute Gasteiger partial charge is 0.497 e. The number of fused-ring (bicyclic) bond motifs is 1. The summed E-state index contributed by atoms with van der Waals surface area (Å²) in [5.74, 6) is 2.58. The Balaban J connectivity index is 1.67. The summed E-state index contributed by atoms with van der Waals surface area (Å²) < 4.78 is 32.6. The molecule has 0 aliphatic carbocycles. The van der Waals surface area contributed by atoms with Gasteiger partial charge in [-0.2, -0.15) is 4.99 Å². The van der Waals surface area contributed by atoms with Crippen LogP contribution in [-0.2, 0) is 11.3 Å². The van der Waals surface area contributed by atoms with Crippen LogP contribution in [0.4, 0.5) is 5.88 Å². The molecule has 1 aromatic heterocycles. The molecule has 2 aromatic carbocycles. The zero-order valence-corrected chi connectivity index (χ0v) is 19.0. The number of carbonyl (C=O) groups excluding carboxylic acids is 1. The minimum atomic E-state index is -0.340. The molecule has 9 heteroatoms. The Hall–Kier alpha value is -4.14. The van der Waals surface area contributed by atoms with Crippen LogP contribution in [0.25, 0.3) is 11.3 Å². The molecule has 4 rings (SSSR count). The predicted octanol–water partition coefficient (Wildman–Crippen LogP) is 4.27. The van der Waals surface area contributed by atoms with Crippen molar-refractivity contribution in [2.45, 2.75) is 6.54 Å². The summed E-state index contributed by atoms with van der Waals surface area (Å²) >= 11 is 0. The summed E-state index contributed by atoms with van der Waals surface area (Å²) in [6.45, 7) is 0.219. The van der Waals surface area contributed by atoms with Crippen LogP contribution in [0.5, 0.6) is 23.0 Å². The van der Waals surface area contributed by atoms with Crippen LogP contribution in [0.2, 0.25) is 0 Å². The Morgan fingerprint density at radius 1 is 0.879 bits per heavy atom. The topological polar surface area (TPSA) is 92.0 Å². The molecule has 33 heavy (non-hydrogen) atoms. The van der Waals surface area contributed by atoms with Gasteiger partial charge in [0.25, 0.3) is 5.91 Å². The van der Waals surface area contributed by atoms with E-state index in [-0.39, 0.29) is 18.5 Å². The zero-order valence-electron chi connectivity index (χ0n) is 19.0. The lowest BCUT2D eigenvalue weighted by atomic mass is 10.1. The highest BCUT2D eigenvalue weighted by Gasteiger charge is 2.31. The number of hydrogen-bond donors (Lipinski definition) is 0. The van der Waals surface area contributed by atoms with E-state index in [0.29, 0.717) is 34.5 Å². The highest BCUT2D eigenvalue weighted by molar-refractivity contribution is 6.06. The Morgan fingerprint density at radius 3 is 2.09 bits per heavy atom. The summed E-state index contributed by atoms with van der Waals surface area (Å²) in [5, 5.41) is 0. The van der Waals surface area contributed by atoms with Crippen molar-refractivity contribution in [3.8, 4) is 34.3 Å². The summed E-state index contributed by atoms with van der Waals surface area (Å²) in [5.41, 5.74) is 1.95. The van der Waals surface area contributed by atoms with E-state index in [1.54, 1.807) is 19.2 Å². The second-order valence-corrected chi connectivity index (χ2v) is 7.07. The zero-order chi connectivity index (χ0) is 23.5. The highest BCUT2D eigenvalue weighted by Crippen LogP contribution is 2.40. The number of aliphatic imine (C=N–C) groups is 1. The lowest BCUT2D eigenvalue weighted by Crippen LogP contribution is -2.38. The fourth-order valence-corrected chi connectivity index (χ4v) is 3.58. The van der Waals surface area contributed by atoms with Crippen LogP contribution in [0.3, 0.4) is 0 Å². The monoisotopic (exact) mass is 452 g/mol. The summed E-state index contributed by atoms with van der Waals surface area (Å²) in [6, 6.07) is 12.6. The first-order chi connectivity index (χ1) is 16.0. The van der Waals surface area contributed by atoms with Gasteiger partial charge in [0, 0.05) is 16.7 Å². The van der Waals surface area contributed by atoms with E-state index < -0.39 is 0 Å². The van der Waals surface area contributed by atoms with Gasteiger partial charge in [-0.1, -0.05) is 0 Å². The van der Waals surface area contributed by atoms with Gasteiger partial charge in [0.15, 0.2) is 11.5 Å². The van der Waals surface area contributed by atoms with Gasteiger partial charge in [0.1, 0.15) is 11.5 Å². The van der Waals surface area contributed by atoms with Crippen LogP contribution < -0.4 is 18.9 Å². The lowest BCUT2D eigenvalue weighted by Gasteiger charge is -2.25. The van der Waals surface area contributed by atoms with E-state index in [4.69, 9.17) is 28.1 Å². The number of nitrogens with zero attached hydrogens (tertiary/aromatic N) is 2. The van der Waals surface area contributed by atoms with Gasteiger partial charge in [-0.05, 0) is 42.5 Å². The third-order valence-corrected chi connectivity index (χ3v) is 5.26. The number of methoxy groups -OCH3 is 5. The molecule has 2 heterocycles. The van der Waals surface area contributed by atoms with Crippen molar-refractivity contribution < 1.29 is 32.9 Å². The summed E-state index contributed by atoms with van der Waals surface area (Å²) in [6.07, 6.45) is 0. The molecule has 0 atom stereocenters. The van der Waals surface area contributed by atoms with Crippen molar-refractivity contribution in [3.05, 3.63) is 53.6 Å². The number of amides is 1. The SMILES string of the molecule is COC1=Nc2oc(-c3ccc(OC)cc3)cc2CN1C(=O)c1cc(OC)c(OC)c(OC)c1. The number of benzene rings is 2. The maximum absolute atomic E-state index is 13.4. The molecule has 0 spiro atoms. The minimum absolute atomic E-state index is 0.122. The molecular weight excluding hydrogens is 428 g/mol. The third kappa shape index (κ3) is 4.05. The normalized spacial score (nSPS) is 12.5. The van der Waals surface area contributed by atoms with Crippen molar-refractivity contribution in [1.29, 1.82) is 0 Å². The molecule has 0 fully saturated rings. The second kappa shape index (κ2) is 9.15. The first-order valence-electron chi connectivity index (χ1n) is 10.0. The average molecular weight is 452 g/mol. The molecule has 0 saturated heterocycles. The van der Waals surface area contributed by atoms with Crippen molar-refractivity contribution >= 4 is 17.8 Å². The van der Waals surface area contributed by atoms with Crippen LogP contribution >= 0.6 is 0 Å². The number of rotatable bonds is 6. The standard InChI is InChI=1S/C24H24N2O7/c1-28-17-8-6-14(7-9-17)18-12-16-13-26(24(32-5)25-22(16)33-18)23(27)15-10-19(29-2)21(31-4)20(11-15)30-3/h6-12H,13H2,1-5H3. The van der Waals surface area contributed by atoms with Gasteiger partial charge in [-0.3, -0.25) is 9.69 Å². The van der Waals surface area contributed by atoms with Gasteiger partial charge < -0.3 is 28.1 Å². The average Bonchev–Trinajstić information content (AvgIpc) is 3.29. The minimum Gasteiger partial charge on any atom is -0.497 e. The molecule has 9 nitrogen and oxygen atoms in total. The number of ether oxygens (including phenoxy) is 5. The Morgan fingerprint density at radius 2 is 1.55 bits per heavy atom. The van der Waals surface area contributed by atoms with Crippen molar-refractivity contribution in [1.82, 2.24) is 4.90 Å². The smallest absolute Gasteiger partial charge is 0.302 e. The fraction of sp³-hybridized carbons (Fsp3) is 0.250. The van der Waals surface area contributed by atoms with Gasteiger partial charge in [0.05, 0.1) is 42.1 Å². The van der Waals surface area contributed by atoms with E-state index in [1.807, 2.05) is 30.3 Å². The molecule has 0 bridgehead atoms. The van der Waals surface area contributed by atoms with Crippen LogP contribution in [0.1, 0.15) is 15.9 Å². The van der Waals surface area contributed by atoms with Crippen LogP contribution in [0, 0.1) is 0 Å². The van der Waals surface area contributed by atoms with Gasteiger partial charge in [0.2, 0.25) is 11.6 Å². The van der Waals surface area contributed by atoms with E-state index in [9.17, 15) is 4.79 Å². The first-order valence-corrected chi connectivity index (χ1v) is 10.0. The molecule has 0 saturated carbocycles. The predicted molar refractivity (Wildman–Crippen MR) is 121 cm³/mol. The fourth-order valence-electron chi connectivity index (χ4n) is 3.58. The quantitative estimate of drug-likeness (QED) is 0.551. The molecule has 1 amide bonds. The number of furan rings is 1. The Labute approximate surface area is 191 Å². The number of carbonyl (C=O) groups is 1. The Bertz CT molecular complexity index is 1170. The molecule has 172 valence electrons. The lowest BCUT2D eigenvalue weighted by molar-refractivity contribution is 0.0804. The van der Waals surface area contributed by atoms with Crippen LogP contribution in [-0.4, -0.2) is 52.4 Å². The number of amidine groups is 1. The van der Waals surface area contributed by atoms with Crippen molar-refractivity contribution in [2.75, 3.05) is 35.5 Å². The molecular formula is C24H24N2O7. The summed E-state index contributed by atoms with van der Waals surface area (Å²) in [7, 11) is 7.55. The van der Waals surface area contributed by atoms with Crippen LogP contribution in [0.15, 0.2) is 51.9 Å². The van der Waals surface area contributed by atoms with Crippen molar-refractivity contribution in [2.24, 2.45) is 4.99 Å². The van der Waals surface area contributed by atoms with Gasteiger partial charge in [-0.15, -0.1) is 0 Å². The number of hydrogen-bond acceptors (Lipinski definition) is 8. The molecule has 0 N–H and O–H groups in total. The van der Waals surface area contributed by atoms with Crippen molar-refractivity contribution in [3.63, 3.8) is 0 Å². The van der Waals surface area contributed by atoms with Gasteiger partial charge in [-0.25, -0.2) is 0 Å². The van der Waals surface area contributed by atoms with E-state index in [0.717, 1.165) is 16.9 Å². The van der Waals surface area contributed by atoms with E-state index >= 15 is 0 Å². The molecule has 1 aliphatic rings. The third-order valence-electron chi connectivity index (χ3n) is 5.26. The maximum atomic E-state index is 13.4. The Kier molecular flexibility index (Phi) is 6.12. The summed E-state index contributed by atoms with van der Waals surface area (Å²) in [4.78, 5) is 19.3. The first kappa shape index (κ1) is 22.1. The highest BCUT2D eigenvalue weighted by atomic mass is 16.5.